The summed E-state index contributed by atoms with van der Waals surface area (Å²) in [7, 11) is 0. The zero-order valence-electron chi connectivity index (χ0n) is 9.76. The van der Waals surface area contributed by atoms with Crippen LogP contribution in [0.3, 0.4) is 0 Å². The summed E-state index contributed by atoms with van der Waals surface area (Å²) in [6, 6.07) is 15.0. The Morgan fingerprint density at radius 1 is 1.00 bits per heavy atom. The highest BCUT2D eigenvalue weighted by Gasteiger charge is 2.13. The fourth-order valence-electron chi connectivity index (χ4n) is 1.98. The van der Waals surface area contributed by atoms with Crippen molar-refractivity contribution in [3.8, 4) is 11.5 Å². The quantitative estimate of drug-likeness (QED) is 0.790. The van der Waals surface area contributed by atoms with Crippen molar-refractivity contribution in [2.24, 2.45) is 0 Å². The molecule has 3 nitrogen and oxygen atoms in total. The minimum atomic E-state index is 0.238. The first-order valence-electron chi connectivity index (χ1n) is 5.82. The molecule has 2 aromatic rings. The molecule has 0 atom stereocenters. The van der Waals surface area contributed by atoms with E-state index in [0.29, 0.717) is 12.3 Å². The minimum Gasteiger partial charge on any atom is -0.506 e. The van der Waals surface area contributed by atoms with E-state index in [4.69, 9.17) is 4.74 Å². The Kier molecular flexibility index (Phi) is 2.65. The van der Waals surface area contributed by atoms with E-state index < -0.39 is 0 Å². The predicted octanol–water partition coefficient (Wildman–Crippen LogP) is 3.24. The van der Waals surface area contributed by atoms with Crippen LogP contribution in [0, 0.1) is 0 Å². The number of fused-ring (bicyclic) bond motifs is 1. The maximum absolute atomic E-state index is 9.77. The molecule has 3 heteroatoms. The van der Waals surface area contributed by atoms with Gasteiger partial charge in [0.15, 0.2) is 0 Å². The molecule has 90 valence electrons. The second kappa shape index (κ2) is 4.45. The van der Waals surface area contributed by atoms with Crippen LogP contribution in [0.25, 0.3) is 5.70 Å². The Bertz CT molecular complexity index is 605. The van der Waals surface area contributed by atoms with Gasteiger partial charge in [-0.1, -0.05) is 24.3 Å². The number of aromatic hydroxyl groups is 1. The van der Waals surface area contributed by atoms with Gasteiger partial charge in [0, 0.05) is 11.3 Å². The third kappa shape index (κ3) is 1.91. The summed E-state index contributed by atoms with van der Waals surface area (Å²) in [6.45, 7) is 0.535. The normalized spacial score (nSPS) is 13.2. The Morgan fingerprint density at radius 2 is 1.78 bits per heavy atom. The first kappa shape index (κ1) is 10.7. The van der Waals surface area contributed by atoms with Crippen LogP contribution < -0.4 is 10.1 Å². The van der Waals surface area contributed by atoms with Crippen molar-refractivity contribution in [2.75, 3.05) is 11.9 Å². The first-order chi connectivity index (χ1) is 8.84. The molecule has 1 aliphatic heterocycles. The van der Waals surface area contributed by atoms with Gasteiger partial charge in [0.2, 0.25) is 0 Å². The molecule has 0 bridgehead atoms. The van der Waals surface area contributed by atoms with Gasteiger partial charge in [-0.05, 0) is 30.3 Å². The van der Waals surface area contributed by atoms with Gasteiger partial charge < -0.3 is 15.2 Å². The van der Waals surface area contributed by atoms with E-state index in [2.05, 4.69) is 5.32 Å². The van der Waals surface area contributed by atoms with Crippen LogP contribution in [0.2, 0.25) is 0 Å². The van der Waals surface area contributed by atoms with Gasteiger partial charge in [0.25, 0.3) is 0 Å². The molecule has 1 aliphatic rings. The van der Waals surface area contributed by atoms with Gasteiger partial charge in [0.1, 0.15) is 18.1 Å². The summed E-state index contributed by atoms with van der Waals surface area (Å²) in [6.07, 6.45) is 1.97. The van der Waals surface area contributed by atoms with Gasteiger partial charge in [-0.25, -0.2) is 0 Å². The van der Waals surface area contributed by atoms with Crippen molar-refractivity contribution in [3.63, 3.8) is 0 Å². The molecule has 0 spiro atoms. The van der Waals surface area contributed by atoms with Crippen molar-refractivity contribution in [2.45, 2.75) is 0 Å². The molecule has 0 fully saturated rings. The van der Waals surface area contributed by atoms with Crippen LogP contribution in [0.15, 0.2) is 54.6 Å². The summed E-state index contributed by atoms with van der Waals surface area (Å²) < 4.78 is 5.54. The summed E-state index contributed by atoms with van der Waals surface area (Å²) in [5, 5.41) is 13.0. The van der Waals surface area contributed by atoms with E-state index in [0.717, 1.165) is 17.0 Å². The van der Waals surface area contributed by atoms with E-state index in [9.17, 15) is 5.11 Å². The van der Waals surface area contributed by atoms with Gasteiger partial charge in [0.05, 0.1) is 5.69 Å². The van der Waals surface area contributed by atoms with Crippen molar-refractivity contribution >= 4 is 11.4 Å². The smallest absolute Gasteiger partial charge is 0.139 e. The summed E-state index contributed by atoms with van der Waals surface area (Å²) in [5.41, 5.74) is 2.66. The number of rotatable bonds is 2. The number of phenolic OH excluding ortho intramolecular Hbond substituents is 1. The maximum Gasteiger partial charge on any atom is 0.139 e. The van der Waals surface area contributed by atoms with Crippen LogP contribution in [-0.2, 0) is 0 Å². The van der Waals surface area contributed by atoms with Crippen LogP contribution in [0.5, 0.6) is 11.5 Å². The van der Waals surface area contributed by atoms with Crippen LogP contribution in [0.1, 0.15) is 5.56 Å². The number of ether oxygens (including phenoxy) is 1. The Labute approximate surface area is 105 Å². The molecule has 0 aliphatic carbocycles. The standard InChI is InChI=1S/C15H13NO2/c17-14-7-3-2-6-13(14)16-12-9-10-18-15-8-4-1-5-11(12)15/h1-9,16-17H,10H2. The lowest BCUT2D eigenvalue weighted by Crippen LogP contribution is -2.09. The SMILES string of the molecule is Oc1ccccc1NC1=CCOc2ccccc21. The molecule has 0 aromatic heterocycles. The third-order valence-electron chi connectivity index (χ3n) is 2.88. The molecule has 0 radical (unpaired) electrons. The fraction of sp³-hybridized carbons (Fsp3) is 0.0667. The molecule has 0 unspecified atom stereocenters. The van der Waals surface area contributed by atoms with Gasteiger partial charge in [-0.15, -0.1) is 0 Å². The van der Waals surface area contributed by atoms with Gasteiger partial charge in [-0.3, -0.25) is 0 Å². The molecular weight excluding hydrogens is 226 g/mol. The van der Waals surface area contributed by atoms with E-state index in [1.807, 2.05) is 42.5 Å². The highest BCUT2D eigenvalue weighted by atomic mass is 16.5. The van der Waals surface area contributed by atoms with Crippen molar-refractivity contribution < 1.29 is 9.84 Å². The number of hydrogen-bond acceptors (Lipinski definition) is 3. The van der Waals surface area contributed by atoms with Crippen LogP contribution >= 0.6 is 0 Å². The number of anilines is 1. The molecular formula is C15H13NO2. The molecule has 0 saturated carbocycles. The molecule has 3 rings (SSSR count). The molecule has 0 saturated heterocycles. The molecule has 1 heterocycles. The minimum absolute atomic E-state index is 0.238. The first-order valence-corrected chi connectivity index (χ1v) is 5.82. The number of para-hydroxylation sites is 3. The third-order valence-corrected chi connectivity index (χ3v) is 2.88. The second-order valence-corrected chi connectivity index (χ2v) is 4.07. The van der Waals surface area contributed by atoms with Crippen molar-refractivity contribution in [1.29, 1.82) is 0 Å². The monoisotopic (exact) mass is 239 g/mol. The number of phenols is 1. The van der Waals surface area contributed by atoms with Crippen molar-refractivity contribution in [1.82, 2.24) is 0 Å². The summed E-state index contributed by atoms with van der Waals surface area (Å²) >= 11 is 0. The van der Waals surface area contributed by atoms with Gasteiger partial charge >= 0.3 is 0 Å². The highest BCUT2D eigenvalue weighted by molar-refractivity contribution is 5.82. The Balaban J connectivity index is 1.95. The average Bonchev–Trinajstić information content (AvgIpc) is 2.42. The molecule has 2 N–H and O–H groups in total. The molecule has 18 heavy (non-hydrogen) atoms. The number of benzene rings is 2. The number of hydrogen-bond donors (Lipinski definition) is 2. The number of nitrogens with one attached hydrogen (secondary N) is 1. The van der Waals surface area contributed by atoms with E-state index in [-0.39, 0.29) is 5.75 Å². The Morgan fingerprint density at radius 3 is 2.67 bits per heavy atom. The van der Waals surface area contributed by atoms with E-state index >= 15 is 0 Å². The zero-order valence-corrected chi connectivity index (χ0v) is 9.76. The highest BCUT2D eigenvalue weighted by Crippen LogP contribution is 2.32. The lowest BCUT2D eigenvalue weighted by molar-refractivity contribution is 0.357. The summed E-state index contributed by atoms with van der Waals surface area (Å²) in [4.78, 5) is 0. The Hall–Kier alpha value is -2.42. The van der Waals surface area contributed by atoms with Crippen molar-refractivity contribution in [3.05, 3.63) is 60.2 Å². The largest absolute Gasteiger partial charge is 0.506 e. The maximum atomic E-state index is 9.77. The lowest BCUT2D eigenvalue weighted by Gasteiger charge is -2.20. The van der Waals surface area contributed by atoms with Gasteiger partial charge in [-0.2, -0.15) is 0 Å². The average molecular weight is 239 g/mol. The predicted molar refractivity (Wildman–Crippen MR) is 71.6 cm³/mol. The molecule has 0 amide bonds. The molecule has 2 aromatic carbocycles. The van der Waals surface area contributed by atoms with Crippen LogP contribution in [0.4, 0.5) is 5.69 Å². The van der Waals surface area contributed by atoms with E-state index in [1.54, 1.807) is 12.1 Å². The fourth-order valence-corrected chi connectivity index (χ4v) is 1.98. The van der Waals surface area contributed by atoms with Crippen LogP contribution in [-0.4, -0.2) is 11.7 Å². The zero-order chi connectivity index (χ0) is 12.4. The lowest BCUT2D eigenvalue weighted by atomic mass is 10.1. The second-order valence-electron chi connectivity index (χ2n) is 4.07. The van der Waals surface area contributed by atoms with E-state index in [1.165, 1.54) is 0 Å². The summed E-state index contributed by atoms with van der Waals surface area (Å²) in [5.74, 6) is 1.10. The topological polar surface area (TPSA) is 41.5 Å².